The Morgan fingerprint density at radius 3 is 2.15 bits per heavy atom. The van der Waals surface area contributed by atoms with Crippen LogP contribution in [0.2, 0.25) is 0 Å². The molecule has 6 nitrogen and oxygen atoms in total. The molecule has 0 heterocycles. The minimum Gasteiger partial charge on any atom is -0.462 e. The van der Waals surface area contributed by atoms with Crippen LogP contribution < -0.4 is 0 Å². The summed E-state index contributed by atoms with van der Waals surface area (Å²) in [7, 11) is 0. The second-order valence-electron chi connectivity index (χ2n) is 16.3. The number of hydrogen-bond donors (Lipinski definition) is 2. The third kappa shape index (κ3) is 17.3. The Bertz CT molecular complexity index is 1220. The number of aliphatic hydroxyl groups excluding tert-OH is 2. The normalized spacial score (nSPS) is 21.4. The van der Waals surface area contributed by atoms with Crippen molar-refractivity contribution in [3.8, 4) is 0 Å². The average Bonchev–Trinajstić information content (AvgIpc) is 3.42. The van der Waals surface area contributed by atoms with Gasteiger partial charge in [0.2, 0.25) is 0 Å². The number of rotatable bonds is 30. The highest BCUT2D eigenvalue weighted by atomic mass is 35.5. The molecule has 0 aliphatic heterocycles. The summed E-state index contributed by atoms with van der Waals surface area (Å²) in [5.41, 5.74) is 1.77. The van der Waals surface area contributed by atoms with Gasteiger partial charge in [0.1, 0.15) is 13.2 Å². The van der Waals surface area contributed by atoms with Crippen LogP contribution in [0, 0.1) is 17.3 Å². The fourth-order valence-electron chi connectivity index (χ4n) is 8.39. The number of alkyl halides is 1. The molecular weight excluding hydrogens is 696 g/mol. The van der Waals surface area contributed by atoms with Crippen molar-refractivity contribution in [3.63, 3.8) is 0 Å². The number of ether oxygens (including phenoxy) is 2. The lowest BCUT2D eigenvalue weighted by Crippen LogP contribution is -2.40. The molecule has 2 N–H and O–H groups in total. The maximum atomic E-state index is 12.6. The van der Waals surface area contributed by atoms with Crippen molar-refractivity contribution in [2.45, 2.75) is 192 Å². The van der Waals surface area contributed by atoms with Gasteiger partial charge in [-0.25, -0.2) is 4.79 Å². The quantitative estimate of drug-likeness (QED) is 0.0350. The number of halogens is 1. The van der Waals surface area contributed by atoms with E-state index in [0.717, 1.165) is 50.5 Å². The van der Waals surface area contributed by atoms with E-state index in [1.165, 1.54) is 89.9 Å². The van der Waals surface area contributed by atoms with Crippen molar-refractivity contribution in [1.29, 1.82) is 0 Å². The third-order valence-electron chi connectivity index (χ3n) is 12.2. The van der Waals surface area contributed by atoms with Crippen LogP contribution in [0.3, 0.4) is 0 Å². The van der Waals surface area contributed by atoms with E-state index in [4.69, 9.17) is 21.1 Å². The van der Waals surface area contributed by atoms with Crippen LogP contribution in [0.25, 0.3) is 0 Å². The zero-order valence-corrected chi connectivity index (χ0v) is 34.8. The second-order valence-corrected chi connectivity index (χ2v) is 16.9. The predicted octanol–water partition coefficient (Wildman–Crippen LogP) is 12.0. The predicted molar refractivity (Wildman–Crippen MR) is 223 cm³/mol. The fraction of sp³-hybridized carbons (Fsp3) is 0.745. The van der Waals surface area contributed by atoms with Crippen molar-refractivity contribution >= 4 is 23.5 Å². The fourth-order valence-corrected chi connectivity index (χ4v) is 8.84. The molecule has 0 radical (unpaired) electrons. The largest absolute Gasteiger partial charge is 0.462 e. The molecule has 0 amide bonds. The van der Waals surface area contributed by atoms with E-state index in [1.54, 1.807) is 6.07 Å². The molecule has 1 aromatic rings. The molecule has 3 rings (SSSR count). The lowest BCUT2D eigenvalue weighted by Gasteiger charge is -2.45. The molecule has 2 saturated carbocycles. The van der Waals surface area contributed by atoms with Crippen LogP contribution >= 0.6 is 11.6 Å². The maximum Gasteiger partial charge on any atom is 0.338 e. The van der Waals surface area contributed by atoms with E-state index in [2.05, 4.69) is 38.1 Å². The van der Waals surface area contributed by atoms with Crippen molar-refractivity contribution in [2.75, 3.05) is 13.2 Å². The first kappa shape index (κ1) is 46.2. The SMILES string of the molecule is CCCCCCCCCCCCCCCCc1cccc(C(=O)OCCOC(=O)CCC/C=C\C[C@@H]2[C@H](/C=C/C[C@H](O)C3(CC)CCC3)[C@H](O)C[C@@H]2Cl)c1. The molecule has 54 heavy (non-hydrogen) atoms. The van der Waals surface area contributed by atoms with E-state index in [9.17, 15) is 19.8 Å². The van der Waals surface area contributed by atoms with Gasteiger partial charge >= 0.3 is 11.9 Å². The molecular formula is C47H75ClO6. The number of hydrogen-bond acceptors (Lipinski definition) is 6. The van der Waals surface area contributed by atoms with Crippen molar-refractivity contribution in [2.24, 2.45) is 17.3 Å². The van der Waals surface area contributed by atoms with Gasteiger partial charge in [0, 0.05) is 17.7 Å². The highest BCUT2D eigenvalue weighted by Crippen LogP contribution is 2.48. The Morgan fingerprint density at radius 2 is 1.52 bits per heavy atom. The molecule has 2 aliphatic rings. The first-order chi connectivity index (χ1) is 26.3. The number of allylic oxidation sites excluding steroid dienone is 2. The van der Waals surface area contributed by atoms with Gasteiger partial charge in [-0.2, -0.15) is 0 Å². The molecule has 1 aromatic carbocycles. The molecule has 2 aliphatic carbocycles. The lowest BCUT2D eigenvalue weighted by molar-refractivity contribution is -0.144. The first-order valence-corrected chi connectivity index (χ1v) is 22.5. The molecule has 2 fully saturated rings. The summed E-state index contributed by atoms with van der Waals surface area (Å²) in [4.78, 5) is 24.8. The number of unbranched alkanes of at least 4 members (excludes halogenated alkanes) is 14. The van der Waals surface area contributed by atoms with Crippen LogP contribution in [0.1, 0.15) is 184 Å². The van der Waals surface area contributed by atoms with E-state index < -0.39 is 6.10 Å². The van der Waals surface area contributed by atoms with Gasteiger partial charge in [-0.05, 0) is 93.2 Å². The Morgan fingerprint density at radius 1 is 0.870 bits per heavy atom. The van der Waals surface area contributed by atoms with E-state index >= 15 is 0 Å². The molecule has 5 atom stereocenters. The summed E-state index contributed by atoms with van der Waals surface area (Å²) in [6, 6.07) is 7.69. The zero-order valence-electron chi connectivity index (χ0n) is 34.0. The molecule has 0 aromatic heterocycles. The van der Waals surface area contributed by atoms with E-state index in [0.29, 0.717) is 31.2 Å². The topological polar surface area (TPSA) is 93.1 Å². The van der Waals surface area contributed by atoms with Gasteiger partial charge in [0.05, 0.1) is 17.8 Å². The minimum atomic E-state index is -0.467. The zero-order chi connectivity index (χ0) is 38.9. The number of esters is 2. The van der Waals surface area contributed by atoms with Gasteiger partial charge in [0.15, 0.2) is 0 Å². The number of carbonyl (C=O) groups excluding carboxylic acids is 2. The lowest BCUT2D eigenvalue weighted by atomic mass is 9.63. The van der Waals surface area contributed by atoms with Gasteiger partial charge in [-0.1, -0.05) is 140 Å². The van der Waals surface area contributed by atoms with E-state index in [1.807, 2.05) is 18.2 Å². The summed E-state index contributed by atoms with van der Waals surface area (Å²) >= 11 is 6.63. The maximum absolute atomic E-state index is 12.6. The number of aryl methyl sites for hydroxylation is 1. The number of aliphatic hydroxyl groups is 2. The number of benzene rings is 1. The highest BCUT2D eigenvalue weighted by Gasteiger charge is 2.42. The van der Waals surface area contributed by atoms with Gasteiger partial charge in [0.25, 0.3) is 0 Å². The smallest absolute Gasteiger partial charge is 0.338 e. The van der Waals surface area contributed by atoms with Gasteiger partial charge < -0.3 is 19.7 Å². The van der Waals surface area contributed by atoms with Crippen LogP contribution in [0.5, 0.6) is 0 Å². The Labute approximate surface area is 333 Å². The van der Waals surface area contributed by atoms with Crippen LogP contribution in [-0.4, -0.2) is 53.0 Å². The molecule has 0 bridgehead atoms. The molecule has 306 valence electrons. The van der Waals surface area contributed by atoms with Gasteiger partial charge in [-0.3, -0.25) is 4.79 Å². The second kappa shape index (κ2) is 27.4. The van der Waals surface area contributed by atoms with E-state index in [-0.39, 0.29) is 53.9 Å². The van der Waals surface area contributed by atoms with Crippen LogP contribution in [0.4, 0.5) is 0 Å². The van der Waals surface area contributed by atoms with Crippen LogP contribution in [-0.2, 0) is 20.7 Å². The Hall–Kier alpha value is -2.15. The minimum absolute atomic E-state index is 0.0184. The first-order valence-electron chi connectivity index (χ1n) is 22.0. The van der Waals surface area contributed by atoms with Crippen LogP contribution in [0.15, 0.2) is 48.6 Å². The summed E-state index contributed by atoms with van der Waals surface area (Å²) in [5.74, 6) is -0.565. The van der Waals surface area contributed by atoms with Crippen molar-refractivity contribution in [1.82, 2.24) is 0 Å². The highest BCUT2D eigenvalue weighted by molar-refractivity contribution is 6.21. The monoisotopic (exact) mass is 771 g/mol. The molecule has 0 unspecified atom stereocenters. The average molecular weight is 772 g/mol. The van der Waals surface area contributed by atoms with Crippen molar-refractivity contribution in [3.05, 3.63) is 59.7 Å². The van der Waals surface area contributed by atoms with Gasteiger partial charge in [-0.15, -0.1) is 11.6 Å². The molecule has 7 heteroatoms. The summed E-state index contributed by atoms with van der Waals surface area (Å²) < 4.78 is 10.7. The Balaban J connectivity index is 1.19. The molecule has 0 spiro atoms. The summed E-state index contributed by atoms with van der Waals surface area (Å²) in [5, 5.41) is 21.3. The Kier molecular flexibility index (Phi) is 23.5. The van der Waals surface area contributed by atoms with Crippen molar-refractivity contribution < 1.29 is 29.3 Å². The summed E-state index contributed by atoms with van der Waals surface area (Å²) in [6.07, 6.45) is 35.3. The summed E-state index contributed by atoms with van der Waals surface area (Å²) in [6.45, 7) is 4.52. The standard InChI is InChI=1S/C47H75ClO6/c1-3-5-6-7-8-9-10-11-12-13-14-15-16-19-25-38-26-22-27-39(36-38)46(52)54-35-34-53-45(51)31-21-18-17-20-28-40-41(43(49)37-42(40)48)29-23-30-44(50)47(4-2)32-24-33-47/h17,20,22-23,26-27,29,36,40-44,49-50H,3-16,18-19,21,24-25,28,30-35,37H2,1-2H3/b20-17-,29-23+/t40-,41+,42+,43-,44+/m1/s1. The number of carbonyl (C=O) groups is 2. The molecule has 0 saturated heterocycles. The third-order valence-corrected chi connectivity index (χ3v) is 12.7.